The normalized spacial score (nSPS) is 10.6. The first-order valence-corrected chi connectivity index (χ1v) is 7.23. The molecule has 0 saturated carbocycles. The monoisotopic (exact) mass is 305 g/mol. The van der Waals surface area contributed by atoms with Crippen LogP contribution in [0.25, 0.3) is 27.4 Å². The fourth-order valence-corrected chi connectivity index (χ4v) is 3.03. The minimum Gasteiger partial charge on any atom is -1.00 e. The van der Waals surface area contributed by atoms with Gasteiger partial charge >= 0.3 is 0 Å². The number of fused-ring (bicyclic) bond motifs is 2. The Morgan fingerprint density at radius 2 is 1.32 bits per heavy atom. The van der Waals surface area contributed by atoms with Crippen molar-refractivity contribution in [1.82, 2.24) is 0 Å². The van der Waals surface area contributed by atoms with Crippen molar-refractivity contribution in [2.24, 2.45) is 0 Å². The van der Waals surface area contributed by atoms with Crippen molar-refractivity contribution < 1.29 is 17.0 Å². The van der Waals surface area contributed by atoms with Gasteiger partial charge in [0.2, 0.25) is 11.2 Å². The lowest BCUT2D eigenvalue weighted by atomic mass is 10.1. The summed E-state index contributed by atoms with van der Waals surface area (Å²) in [6, 6.07) is 28.0. The van der Waals surface area contributed by atoms with Gasteiger partial charge in [0.15, 0.2) is 5.69 Å². The average molecular weight is 306 g/mol. The van der Waals surface area contributed by atoms with Crippen LogP contribution in [0.5, 0.6) is 0 Å². The molecule has 0 unspecified atom stereocenters. The number of hydrogen-bond acceptors (Lipinski definition) is 0. The summed E-state index contributed by atoms with van der Waals surface area (Å²) in [5.41, 5.74) is 3.72. The van der Waals surface area contributed by atoms with Gasteiger partial charge < -0.3 is 12.4 Å². The Morgan fingerprint density at radius 1 is 0.636 bits per heavy atom. The zero-order valence-electron chi connectivity index (χ0n) is 12.3. The van der Waals surface area contributed by atoms with Crippen molar-refractivity contribution in [1.29, 1.82) is 0 Å². The van der Waals surface area contributed by atoms with Crippen LogP contribution in [0.2, 0.25) is 0 Å². The molecule has 0 saturated heterocycles. The summed E-state index contributed by atoms with van der Waals surface area (Å²) in [6.07, 6.45) is 0. The van der Waals surface area contributed by atoms with Crippen LogP contribution in [-0.4, -0.2) is 0 Å². The van der Waals surface area contributed by atoms with Gasteiger partial charge in [-0.1, -0.05) is 42.5 Å². The molecular weight excluding hydrogens is 290 g/mol. The predicted octanol–water partition coefficient (Wildman–Crippen LogP) is 1.58. The van der Waals surface area contributed by atoms with E-state index in [0.29, 0.717) is 0 Å². The maximum Gasteiger partial charge on any atom is 0.219 e. The largest absolute Gasteiger partial charge is 1.00 e. The summed E-state index contributed by atoms with van der Waals surface area (Å²) < 4.78 is 2.34. The number of pyridine rings is 1. The SMILES string of the molecule is Cc1ccc2ccccc2[n+]1-c1cccc2ccccc12.[Cl-]. The number of aromatic nitrogens is 1. The second-order valence-electron chi connectivity index (χ2n) is 5.37. The van der Waals surface area contributed by atoms with Crippen molar-refractivity contribution in [3.05, 3.63) is 84.6 Å². The third-order valence-electron chi connectivity index (χ3n) is 4.04. The molecule has 0 aliphatic carbocycles. The van der Waals surface area contributed by atoms with Gasteiger partial charge in [-0.05, 0) is 23.6 Å². The Bertz CT molecular complexity index is 955. The van der Waals surface area contributed by atoms with Crippen LogP contribution < -0.4 is 17.0 Å². The number of nitrogens with zero attached hydrogens (tertiary/aromatic N) is 1. The van der Waals surface area contributed by atoms with Gasteiger partial charge in [0.1, 0.15) is 0 Å². The van der Waals surface area contributed by atoms with E-state index in [0.717, 1.165) is 0 Å². The summed E-state index contributed by atoms with van der Waals surface area (Å²) in [5.74, 6) is 0. The van der Waals surface area contributed by atoms with Crippen molar-refractivity contribution in [3.63, 3.8) is 0 Å². The molecule has 0 aliphatic heterocycles. The molecule has 0 atom stereocenters. The zero-order valence-corrected chi connectivity index (χ0v) is 13.1. The van der Waals surface area contributed by atoms with Gasteiger partial charge in [-0.3, -0.25) is 0 Å². The van der Waals surface area contributed by atoms with Crippen LogP contribution in [0, 0.1) is 6.92 Å². The van der Waals surface area contributed by atoms with E-state index in [1.807, 2.05) is 0 Å². The quantitative estimate of drug-likeness (QED) is 0.470. The van der Waals surface area contributed by atoms with Gasteiger partial charge in [-0.2, -0.15) is 4.57 Å². The van der Waals surface area contributed by atoms with Gasteiger partial charge in [0.25, 0.3) is 0 Å². The van der Waals surface area contributed by atoms with Gasteiger partial charge in [-0.15, -0.1) is 0 Å². The third-order valence-corrected chi connectivity index (χ3v) is 4.04. The van der Waals surface area contributed by atoms with Crippen LogP contribution in [-0.2, 0) is 0 Å². The molecule has 3 aromatic carbocycles. The summed E-state index contributed by atoms with van der Waals surface area (Å²) in [5, 5.41) is 3.82. The van der Waals surface area contributed by atoms with Crippen molar-refractivity contribution >= 4 is 21.7 Å². The van der Waals surface area contributed by atoms with Gasteiger partial charge in [0, 0.05) is 30.5 Å². The van der Waals surface area contributed by atoms with Crippen molar-refractivity contribution in [2.45, 2.75) is 6.92 Å². The number of benzene rings is 3. The average Bonchev–Trinajstić information content (AvgIpc) is 2.54. The number of para-hydroxylation sites is 1. The molecule has 0 bridgehead atoms. The van der Waals surface area contributed by atoms with E-state index < -0.39 is 0 Å². The Morgan fingerprint density at radius 3 is 2.18 bits per heavy atom. The van der Waals surface area contributed by atoms with E-state index in [4.69, 9.17) is 0 Å². The molecule has 1 heterocycles. The molecule has 0 N–H and O–H groups in total. The molecular formula is C20H16ClN. The number of hydrogen-bond donors (Lipinski definition) is 0. The fraction of sp³-hybridized carbons (Fsp3) is 0.0500. The molecule has 0 aliphatic rings. The third kappa shape index (κ3) is 2.24. The summed E-state index contributed by atoms with van der Waals surface area (Å²) in [4.78, 5) is 0. The topological polar surface area (TPSA) is 3.88 Å². The molecule has 108 valence electrons. The van der Waals surface area contributed by atoms with Crippen LogP contribution in [0.1, 0.15) is 5.69 Å². The fourth-order valence-electron chi connectivity index (χ4n) is 3.03. The van der Waals surface area contributed by atoms with E-state index in [9.17, 15) is 0 Å². The maximum absolute atomic E-state index is 2.34. The van der Waals surface area contributed by atoms with E-state index >= 15 is 0 Å². The summed E-state index contributed by atoms with van der Waals surface area (Å²) >= 11 is 0. The highest BCUT2D eigenvalue weighted by atomic mass is 35.5. The second kappa shape index (κ2) is 5.78. The summed E-state index contributed by atoms with van der Waals surface area (Å²) in [7, 11) is 0. The molecule has 0 fully saturated rings. The summed E-state index contributed by atoms with van der Waals surface area (Å²) in [6.45, 7) is 2.16. The molecule has 0 radical (unpaired) electrons. The maximum atomic E-state index is 2.34. The Hall–Kier alpha value is -2.38. The Balaban J connectivity index is 0.00000144. The number of aryl methyl sites for hydroxylation is 1. The van der Waals surface area contributed by atoms with Gasteiger partial charge in [0.05, 0.1) is 5.39 Å². The first kappa shape index (κ1) is 14.6. The molecule has 2 heteroatoms. The lowest BCUT2D eigenvalue weighted by Gasteiger charge is -2.06. The molecule has 1 nitrogen and oxygen atoms in total. The predicted molar refractivity (Wildman–Crippen MR) is 87.7 cm³/mol. The van der Waals surface area contributed by atoms with E-state index in [1.165, 1.54) is 33.1 Å². The Kier molecular flexibility index (Phi) is 3.82. The van der Waals surface area contributed by atoms with E-state index in [-0.39, 0.29) is 12.4 Å². The van der Waals surface area contributed by atoms with Crippen LogP contribution >= 0.6 is 0 Å². The Labute approximate surface area is 136 Å². The van der Waals surface area contributed by atoms with Crippen molar-refractivity contribution in [2.75, 3.05) is 0 Å². The minimum atomic E-state index is 0. The smallest absolute Gasteiger partial charge is 0.219 e. The molecule has 1 aromatic heterocycles. The molecule has 4 aromatic rings. The van der Waals surface area contributed by atoms with Crippen molar-refractivity contribution in [3.8, 4) is 5.69 Å². The number of rotatable bonds is 1. The first-order valence-electron chi connectivity index (χ1n) is 7.23. The van der Waals surface area contributed by atoms with Crippen LogP contribution in [0.4, 0.5) is 0 Å². The van der Waals surface area contributed by atoms with E-state index in [2.05, 4.69) is 90.4 Å². The lowest BCUT2D eigenvalue weighted by Crippen LogP contribution is -3.00. The molecule has 22 heavy (non-hydrogen) atoms. The minimum absolute atomic E-state index is 0. The zero-order chi connectivity index (χ0) is 14.2. The highest BCUT2D eigenvalue weighted by Crippen LogP contribution is 2.21. The second-order valence-corrected chi connectivity index (χ2v) is 5.37. The van der Waals surface area contributed by atoms with Crippen LogP contribution in [0.3, 0.4) is 0 Å². The molecule has 0 amide bonds. The highest BCUT2D eigenvalue weighted by molar-refractivity contribution is 5.89. The highest BCUT2D eigenvalue weighted by Gasteiger charge is 2.17. The standard InChI is InChI=1S/C20H16N.ClH/c1-15-13-14-17-8-3-5-11-19(17)21(15)20-12-6-9-16-7-2-4-10-18(16)20;/h2-14H,1H3;1H/q+1;/p-1. The lowest BCUT2D eigenvalue weighted by molar-refractivity contribution is -0.572. The first-order chi connectivity index (χ1) is 10.3. The van der Waals surface area contributed by atoms with E-state index in [1.54, 1.807) is 0 Å². The number of halogens is 1. The van der Waals surface area contributed by atoms with Crippen LogP contribution in [0.15, 0.2) is 78.9 Å². The van der Waals surface area contributed by atoms with Gasteiger partial charge in [-0.25, -0.2) is 0 Å². The molecule has 0 spiro atoms. The molecule has 4 rings (SSSR count).